The van der Waals surface area contributed by atoms with Crippen molar-refractivity contribution in [3.63, 3.8) is 0 Å². The van der Waals surface area contributed by atoms with Crippen LogP contribution in [0.3, 0.4) is 0 Å². The second-order valence-electron chi connectivity index (χ2n) is 7.08. The molecule has 30 heavy (non-hydrogen) atoms. The lowest BCUT2D eigenvalue weighted by Crippen LogP contribution is -2.21. The summed E-state index contributed by atoms with van der Waals surface area (Å²) in [5.74, 6) is -1.73. The number of benzene rings is 3. The number of carbonyl (C=O) groups is 2. The largest absolute Gasteiger partial charge is 0.452 e. The van der Waals surface area contributed by atoms with E-state index in [2.05, 4.69) is 28.9 Å². The van der Waals surface area contributed by atoms with Crippen LogP contribution >= 0.6 is 0 Å². The van der Waals surface area contributed by atoms with Gasteiger partial charge in [0.2, 0.25) is 0 Å². The van der Waals surface area contributed by atoms with Crippen molar-refractivity contribution >= 4 is 39.4 Å². The van der Waals surface area contributed by atoms with Gasteiger partial charge in [-0.25, -0.2) is 9.18 Å². The van der Waals surface area contributed by atoms with Crippen LogP contribution in [0.5, 0.6) is 0 Å². The molecule has 0 fully saturated rings. The molecule has 152 valence electrons. The highest BCUT2D eigenvalue weighted by Crippen LogP contribution is 2.30. The summed E-state index contributed by atoms with van der Waals surface area (Å²) >= 11 is 0. The van der Waals surface area contributed by atoms with Crippen LogP contribution in [-0.2, 0) is 16.1 Å². The fraction of sp³-hybridized carbons (Fsp3) is 0.167. The zero-order valence-electron chi connectivity index (χ0n) is 16.7. The molecular weight excluding hydrogens is 383 g/mol. The number of hydrogen-bond acceptors (Lipinski definition) is 3. The zero-order valence-corrected chi connectivity index (χ0v) is 16.7. The number of nitrogens with zero attached hydrogens (tertiary/aromatic N) is 1. The molecular formula is C24H21FN2O3. The minimum Gasteiger partial charge on any atom is -0.452 e. The SMILES string of the molecule is CCn1c2ccccc2c2cc(NC(=O)COC(=O)c3cc(F)ccc3C)ccc21. The van der Waals surface area contributed by atoms with Crippen molar-refractivity contribution in [1.29, 1.82) is 0 Å². The summed E-state index contributed by atoms with van der Waals surface area (Å²) in [7, 11) is 0. The van der Waals surface area contributed by atoms with Crippen molar-refractivity contribution < 1.29 is 18.7 Å². The van der Waals surface area contributed by atoms with E-state index in [9.17, 15) is 14.0 Å². The number of halogens is 1. The van der Waals surface area contributed by atoms with Crippen molar-refractivity contribution in [2.45, 2.75) is 20.4 Å². The Morgan fingerprint density at radius 2 is 1.77 bits per heavy atom. The number of fused-ring (bicyclic) bond motifs is 3. The van der Waals surface area contributed by atoms with E-state index in [1.165, 1.54) is 12.1 Å². The van der Waals surface area contributed by atoms with Crippen LogP contribution < -0.4 is 5.32 Å². The topological polar surface area (TPSA) is 60.3 Å². The van der Waals surface area contributed by atoms with Gasteiger partial charge < -0.3 is 14.6 Å². The second kappa shape index (κ2) is 7.99. The van der Waals surface area contributed by atoms with E-state index in [4.69, 9.17) is 4.74 Å². The highest BCUT2D eigenvalue weighted by molar-refractivity contribution is 6.10. The average molecular weight is 404 g/mol. The van der Waals surface area contributed by atoms with Gasteiger partial charge in [0, 0.05) is 34.0 Å². The fourth-order valence-corrected chi connectivity index (χ4v) is 3.69. The number of carbonyl (C=O) groups excluding carboxylic acids is 2. The fourth-order valence-electron chi connectivity index (χ4n) is 3.69. The summed E-state index contributed by atoms with van der Waals surface area (Å²) in [6.07, 6.45) is 0. The number of ether oxygens (including phenoxy) is 1. The van der Waals surface area contributed by atoms with Gasteiger partial charge in [-0.2, -0.15) is 0 Å². The molecule has 0 saturated heterocycles. The van der Waals surface area contributed by atoms with Gasteiger partial charge in [-0.3, -0.25) is 4.79 Å². The molecule has 0 aliphatic heterocycles. The molecule has 0 aliphatic carbocycles. The molecule has 3 aromatic carbocycles. The molecule has 4 rings (SSSR count). The van der Waals surface area contributed by atoms with E-state index >= 15 is 0 Å². The Labute approximate surface area is 173 Å². The molecule has 1 heterocycles. The number of aromatic nitrogens is 1. The zero-order chi connectivity index (χ0) is 21.3. The number of amides is 1. The van der Waals surface area contributed by atoms with Gasteiger partial charge in [0.15, 0.2) is 6.61 Å². The van der Waals surface area contributed by atoms with Crippen molar-refractivity contribution in [2.24, 2.45) is 0 Å². The van der Waals surface area contributed by atoms with Gasteiger partial charge in [-0.15, -0.1) is 0 Å². The lowest BCUT2D eigenvalue weighted by molar-refractivity contribution is -0.119. The van der Waals surface area contributed by atoms with Crippen molar-refractivity contribution in [3.8, 4) is 0 Å². The summed E-state index contributed by atoms with van der Waals surface area (Å²) in [4.78, 5) is 24.5. The molecule has 0 aliphatic rings. The average Bonchev–Trinajstić information content (AvgIpc) is 3.06. The van der Waals surface area contributed by atoms with E-state index in [1.54, 1.807) is 6.92 Å². The number of esters is 1. The van der Waals surface area contributed by atoms with Gasteiger partial charge in [-0.1, -0.05) is 24.3 Å². The first-order chi connectivity index (χ1) is 14.5. The highest BCUT2D eigenvalue weighted by Gasteiger charge is 2.15. The molecule has 0 radical (unpaired) electrons. The third-order valence-corrected chi connectivity index (χ3v) is 5.13. The summed E-state index contributed by atoms with van der Waals surface area (Å²) in [6.45, 7) is 4.16. The number of anilines is 1. The van der Waals surface area contributed by atoms with E-state index in [1.807, 2.05) is 30.3 Å². The Morgan fingerprint density at radius 1 is 1.00 bits per heavy atom. The number of nitrogens with one attached hydrogen (secondary N) is 1. The number of hydrogen-bond donors (Lipinski definition) is 1. The van der Waals surface area contributed by atoms with Gasteiger partial charge in [0.25, 0.3) is 5.91 Å². The number of rotatable bonds is 5. The molecule has 0 saturated carbocycles. The maximum absolute atomic E-state index is 13.4. The molecule has 0 bridgehead atoms. The highest BCUT2D eigenvalue weighted by atomic mass is 19.1. The van der Waals surface area contributed by atoms with Crippen LogP contribution in [0.2, 0.25) is 0 Å². The molecule has 1 amide bonds. The minimum absolute atomic E-state index is 0.108. The van der Waals surface area contributed by atoms with Crippen LogP contribution in [0.1, 0.15) is 22.8 Å². The maximum Gasteiger partial charge on any atom is 0.339 e. The third kappa shape index (κ3) is 3.64. The van der Waals surface area contributed by atoms with E-state index in [0.717, 1.165) is 34.4 Å². The van der Waals surface area contributed by atoms with Gasteiger partial charge in [0.05, 0.1) is 5.56 Å². The van der Waals surface area contributed by atoms with E-state index in [0.29, 0.717) is 11.3 Å². The predicted octanol–water partition coefficient (Wildman–Crippen LogP) is 5.06. The van der Waals surface area contributed by atoms with Crippen LogP contribution in [-0.4, -0.2) is 23.1 Å². The van der Waals surface area contributed by atoms with Crippen LogP contribution in [0.15, 0.2) is 60.7 Å². The number of aryl methyl sites for hydroxylation is 2. The first-order valence-electron chi connectivity index (χ1n) is 9.72. The summed E-state index contributed by atoms with van der Waals surface area (Å²) in [5.41, 5.74) is 3.53. The molecule has 6 heteroatoms. The summed E-state index contributed by atoms with van der Waals surface area (Å²) in [6, 6.07) is 17.7. The molecule has 0 atom stereocenters. The van der Waals surface area contributed by atoms with E-state index < -0.39 is 24.3 Å². The summed E-state index contributed by atoms with van der Waals surface area (Å²) in [5, 5.41) is 4.91. The Bertz CT molecular complexity index is 1280. The van der Waals surface area contributed by atoms with Crippen molar-refractivity contribution in [2.75, 3.05) is 11.9 Å². The first kappa shape index (κ1) is 19.6. The molecule has 5 nitrogen and oxygen atoms in total. The molecule has 1 aromatic heterocycles. The Morgan fingerprint density at radius 3 is 2.57 bits per heavy atom. The van der Waals surface area contributed by atoms with E-state index in [-0.39, 0.29) is 5.56 Å². The normalized spacial score (nSPS) is 11.0. The molecule has 0 spiro atoms. The molecule has 0 unspecified atom stereocenters. The standard InChI is InChI=1S/C24H21FN2O3/c1-3-27-21-7-5-4-6-18(21)20-13-17(10-11-22(20)27)26-23(28)14-30-24(29)19-12-16(25)9-8-15(19)2/h4-13H,3,14H2,1-2H3,(H,26,28). The molecule has 4 aromatic rings. The van der Waals surface area contributed by atoms with Crippen molar-refractivity contribution in [1.82, 2.24) is 4.57 Å². The monoisotopic (exact) mass is 404 g/mol. The Balaban J connectivity index is 1.50. The van der Waals surface area contributed by atoms with Gasteiger partial charge >= 0.3 is 5.97 Å². The smallest absolute Gasteiger partial charge is 0.339 e. The predicted molar refractivity (Wildman–Crippen MR) is 115 cm³/mol. The van der Waals surface area contributed by atoms with Crippen LogP contribution in [0.25, 0.3) is 21.8 Å². The van der Waals surface area contributed by atoms with Crippen molar-refractivity contribution in [3.05, 3.63) is 77.6 Å². The first-order valence-corrected chi connectivity index (χ1v) is 9.72. The lowest BCUT2D eigenvalue weighted by Gasteiger charge is -2.09. The summed E-state index contributed by atoms with van der Waals surface area (Å²) < 4.78 is 20.6. The Kier molecular flexibility index (Phi) is 5.23. The second-order valence-corrected chi connectivity index (χ2v) is 7.08. The lowest BCUT2D eigenvalue weighted by atomic mass is 10.1. The quantitative estimate of drug-likeness (QED) is 0.473. The molecule has 1 N–H and O–H groups in total. The van der Waals surface area contributed by atoms with Crippen LogP contribution in [0, 0.1) is 12.7 Å². The maximum atomic E-state index is 13.4. The van der Waals surface area contributed by atoms with Gasteiger partial charge in [-0.05, 0) is 55.8 Å². The minimum atomic E-state index is -0.733. The third-order valence-electron chi connectivity index (χ3n) is 5.13. The Hall–Kier alpha value is -3.67. The number of para-hydroxylation sites is 1. The van der Waals surface area contributed by atoms with Gasteiger partial charge in [0.1, 0.15) is 5.82 Å². The van der Waals surface area contributed by atoms with Crippen LogP contribution in [0.4, 0.5) is 10.1 Å².